The third-order valence-electron chi connectivity index (χ3n) is 4.09. The van der Waals surface area contributed by atoms with Crippen LogP contribution in [0.1, 0.15) is 16.8 Å². The van der Waals surface area contributed by atoms with Crippen LogP contribution in [0, 0.1) is 12.7 Å². The standard InChI is InChI=1S/C19H18BrFN2O/c1-12-15(16-11-14(21)6-7-18(16)23-12)8-9-22-19(24)10-13-4-2-3-5-17(13)20/h2-7,11,23H,8-10H2,1H3,(H,22,24). The summed E-state index contributed by atoms with van der Waals surface area (Å²) < 4.78 is 14.4. The molecule has 3 nitrogen and oxygen atoms in total. The van der Waals surface area contributed by atoms with E-state index in [0.717, 1.165) is 32.2 Å². The van der Waals surface area contributed by atoms with Crippen LogP contribution in [0.3, 0.4) is 0 Å². The average molecular weight is 389 g/mol. The number of H-pyrrole nitrogens is 1. The van der Waals surface area contributed by atoms with Crippen molar-refractivity contribution in [3.8, 4) is 0 Å². The normalized spacial score (nSPS) is 11.0. The van der Waals surface area contributed by atoms with Crippen molar-refractivity contribution < 1.29 is 9.18 Å². The van der Waals surface area contributed by atoms with Crippen LogP contribution in [0.15, 0.2) is 46.9 Å². The maximum atomic E-state index is 13.5. The second-order valence-corrected chi connectivity index (χ2v) is 6.64. The first-order valence-corrected chi connectivity index (χ1v) is 8.60. The summed E-state index contributed by atoms with van der Waals surface area (Å²) in [7, 11) is 0. The molecule has 0 bridgehead atoms. The molecular weight excluding hydrogens is 371 g/mol. The second kappa shape index (κ2) is 7.18. The Balaban J connectivity index is 1.62. The number of aryl methyl sites for hydroxylation is 1. The summed E-state index contributed by atoms with van der Waals surface area (Å²) in [6, 6.07) is 12.4. The van der Waals surface area contributed by atoms with Crippen LogP contribution in [-0.2, 0) is 17.6 Å². The molecule has 2 N–H and O–H groups in total. The van der Waals surface area contributed by atoms with Gasteiger partial charge in [-0.15, -0.1) is 0 Å². The van der Waals surface area contributed by atoms with Gasteiger partial charge in [0.25, 0.3) is 0 Å². The highest BCUT2D eigenvalue weighted by molar-refractivity contribution is 9.10. The van der Waals surface area contributed by atoms with E-state index in [4.69, 9.17) is 0 Å². The monoisotopic (exact) mass is 388 g/mol. The van der Waals surface area contributed by atoms with Gasteiger partial charge >= 0.3 is 0 Å². The summed E-state index contributed by atoms with van der Waals surface area (Å²) in [5, 5.41) is 3.82. The van der Waals surface area contributed by atoms with Crippen LogP contribution in [-0.4, -0.2) is 17.4 Å². The van der Waals surface area contributed by atoms with Crippen LogP contribution in [0.5, 0.6) is 0 Å². The number of carbonyl (C=O) groups excluding carboxylic acids is 1. The van der Waals surface area contributed by atoms with E-state index in [-0.39, 0.29) is 11.7 Å². The predicted octanol–water partition coefficient (Wildman–Crippen LogP) is 4.28. The Kier molecular flexibility index (Phi) is 5.00. The van der Waals surface area contributed by atoms with Crippen molar-refractivity contribution in [2.45, 2.75) is 19.8 Å². The van der Waals surface area contributed by atoms with Gasteiger partial charge in [0.15, 0.2) is 0 Å². The first kappa shape index (κ1) is 16.7. The molecule has 3 rings (SSSR count). The Morgan fingerprint density at radius 3 is 2.83 bits per heavy atom. The van der Waals surface area contributed by atoms with Crippen molar-refractivity contribution in [2.75, 3.05) is 6.54 Å². The SMILES string of the molecule is Cc1[nH]c2ccc(F)cc2c1CCNC(=O)Cc1ccccc1Br. The second-order valence-electron chi connectivity index (χ2n) is 5.79. The highest BCUT2D eigenvalue weighted by Gasteiger charge is 2.10. The lowest BCUT2D eigenvalue weighted by Crippen LogP contribution is -2.27. The fourth-order valence-corrected chi connectivity index (χ4v) is 3.31. The van der Waals surface area contributed by atoms with Gasteiger partial charge in [0, 0.05) is 27.6 Å². The molecule has 24 heavy (non-hydrogen) atoms. The van der Waals surface area contributed by atoms with Crippen molar-refractivity contribution >= 4 is 32.7 Å². The maximum absolute atomic E-state index is 13.5. The van der Waals surface area contributed by atoms with Crippen LogP contribution in [0.2, 0.25) is 0 Å². The van der Waals surface area contributed by atoms with Crippen molar-refractivity contribution in [1.29, 1.82) is 0 Å². The molecule has 0 atom stereocenters. The number of amides is 1. The molecule has 0 fully saturated rings. The van der Waals surface area contributed by atoms with Crippen molar-refractivity contribution in [3.05, 3.63) is 69.6 Å². The van der Waals surface area contributed by atoms with Gasteiger partial charge in [-0.25, -0.2) is 4.39 Å². The number of rotatable bonds is 5. The van der Waals surface area contributed by atoms with E-state index in [9.17, 15) is 9.18 Å². The number of halogens is 2. The minimum absolute atomic E-state index is 0.0226. The summed E-state index contributed by atoms with van der Waals surface area (Å²) in [5.41, 5.74) is 3.94. The summed E-state index contributed by atoms with van der Waals surface area (Å²) in [5.74, 6) is -0.272. The topological polar surface area (TPSA) is 44.9 Å². The zero-order chi connectivity index (χ0) is 17.1. The maximum Gasteiger partial charge on any atom is 0.224 e. The molecule has 0 spiro atoms. The fraction of sp³-hybridized carbons (Fsp3) is 0.211. The molecule has 0 saturated carbocycles. The van der Waals surface area contributed by atoms with Crippen molar-refractivity contribution in [3.63, 3.8) is 0 Å². The van der Waals surface area contributed by atoms with E-state index in [1.54, 1.807) is 6.07 Å². The van der Waals surface area contributed by atoms with Crippen LogP contribution < -0.4 is 5.32 Å². The van der Waals surface area contributed by atoms with Crippen LogP contribution in [0.4, 0.5) is 4.39 Å². The van der Waals surface area contributed by atoms with Crippen molar-refractivity contribution in [2.24, 2.45) is 0 Å². The van der Waals surface area contributed by atoms with Gasteiger partial charge in [0.05, 0.1) is 6.42 Å². The molecule has 3 aromatic rings. The molecule has 2 aromatic carbocycles. The third kappa shape index (κ3) is 3.67. The van der Waals surface area contributed by atoms with E-state index < -0.39 is 0 Å². The van der Waals surface area contributed by atoms with Crippen LogP contribution in [0.25, 0.3) is 10.9 Å². The molecule has 0 aliphatic rings. The highest BCUT2D eigenvalue weighted by Crippen LogP contribution is 2.23. The molecule has 0 aliphatic carbocycles. The molecular formula is C19H18BrFN2O. The lowest BCUT2D eigenvalue weighted by Gasteiger charge is -2.07. The fourth-order valence-electron chi connectivity index (χ4n) is 2.88. The predicted molar refractivity (Wildman–Crippen MR) is 97.6 cm³/mol. The van der Waals surface area contributed by atoms with E-state index in [1.165, 1.54) is 12.1 Å². The van der Waals surface area contributed by atoms with E-state index in [2.05, 4.69) is 26.2 Å². The number of carbonyl (C=O) groups is 1. The summed E-state index contributed by atoms with van der Waals surface area (Å²) in [6.07, 6.45) is 1.000. The number of fused-ring (bicyclic) bond motifs is 1. The molecule has 124 valence electrons. The molecule has 5 heteroatoms. The Hall–Kier alpha value is -2.14. The molecule has 0 aliphatic heterocycles. The summed E-state index contributed by atoms with van der Waals surface area (Å²) in [6.45, 7) is 2.49. The molecule has 0 radical (unpaired) electrons. The minimum atomic E-state index is -0.249. The molecule has 1 heterocycles. The first-order chi connectivity index (χ1) is 11.5. The molecule has 0 saturated heterocycles. The largest absolute Gasteiger partial charge is 0.358 e. The number of aromatic amines is 1. The van der Waals surface area contributed by atoms with Gasteiger partial charge < -0.3 is 10.3 Å². The van der Waals surface area contributed by atoms with Gasteiger partial charge in [-0.1, -0.05) is 34.1 Å². The number of nitrogens with one attached hydrogen (secondary N) is 2. The van der Waals surface area contributed by atoms with Crippen LogP contribution >= 0.6 is 15.9 Å². The zero-order valence-electron chi connectivity index (χ0n) is 13.3. The molecule has 0 unspecified atom stereocenters. The van der Waals surface area contributed by atoms with E-state index in [1.807, 2.05) is 31.2 Å². The Morgan fingerprint density at radius 1 is 1.25 bits per heavy atom. The quantitative estimate of drug-likeness (QED) is 0.672. The first-order valence-electron chi connectivity index (χ1n) is 7.81. The lowest BCUT2D eigenvalue weighted by molar-refractivity contribution is -0.120. The Bertz CT molecular complexity index is 888. The Morgan fingerprint density at radius 2 is 2.04 bits per heavy atom. The highest BCUT2D eigenvalue weighted by atomic mass is 79.9. The van der Waals surface area contributed by atoms with E-state index >= 15 is 0 Å². The Labute approximate surface area is 148 Å². The number of hydrogen-bond acceptors (Lipinski definition) is 1. The zero-order valence-corrected chi connectivity index (χ0v) is 14.9. The summed E-state index contributed by atoms with van der Waals surface area (Å²) in [4.78, 5) is 15.4. The molecule has 1 amide bonds. The number of aromatic nitrogens is 1. The van der Waals surface area contributed by atoms with Gasteiger partial charge in [0.2, 0.25) is 5.91 Å². The van der Waals surface area contributed by atoms with Crippen molar-refractivity contribution in [1.82, 2.24) is 10.3 Å². The minimum Gasteiger partial charge on any atom is -0.358 e. The van der Waals surface area contributed by atoms with Gasteiger partial charge in [-0.05, 0) is 48.7 Å². The number of hydrogen-bond donors (Lipinski definition) is 2. The smallest absolute Gasteiger partial charge is 0.224 e. The molecule has 1 aromatic heterocycles. The lowest BCUT2D eigenvalue weighted by atomic mass is 10.1. The van der Waals surface area contributed by atoms with Gasteiger partial charge in [-0.3, -0.25) is 4.79 Å². The third-order valence-corrected chi connectivity index (χ3v) is 4.86. The van der Waals surface area contributed by atoms with E-state index in [0.29, 0.717) is 19.4 Å². The summed E-state index contributed by atoms with van der Waals surface area (Å²) >= 11 is 3.45. The average Bonchev–Trinajstić information content (AvgIpc) is 2.85. The number of benzene rings is 2. The van der Waals surface area contributed by atoms with Gasteiger partial charge in [-0.2, -0.15) is 0 Å². The van der Waals surface area contributed by atoms with Gasteiger partial charge in [0.1, 0.15) is 5.82 Å².